The number of carbonyl (C=O) groups is 1. The number of carbonyl (C=O) groups excluding carboxylic acids is 1. The van der Waals surface area contributed by atoms with Gasteiger partial charge in [0.15, 0.2) is 0 Å². The number of aryl methyl sites for hydroxylation is 2. The summed E-state index contributed by atoms with van der Waals surface area (Å²) in [7, 11) is -3.67. The molecule has 0 aliphatic carbocycles. The van der Waals surface area contributed by atoms with E-state index in [-0.39, 0.29) is 11.7 Å². The Kier molecular flexibility index (Phi) is 4.66. The van der Waals surface area contributed by atoms with E-state index in [2.05, 4.69) is 9.97 Å². The van der Waals surface area contributed by atoms with E-state index in [1.165, 1.54) is 4.90 Å². The van der Waals surface area contributed by atoms with Gasteiger partial charge in [-0.1, -0.05) is 0 Å². The number of likely N-dealkylation sites (tertiary alicyclic amines) is 1. The van der Waals surface area contributed by atoms with Gasteiger partial charge < -0.3 is 9.64 Å². The van der Waals surface area contributed by atoms with Gasteiger partial charge in [0.2, 0.25) is 15.0 Å². The normalized spacial score (nSPS) is 19.0. The van der Waals surface area contributed by atoms with E-state index < -0.39 is 26.8 Å². The van der Waals surface area contributed by atoms with Crippen LogP contribution >= 0.6 is 0 Å². The number of hydrogen-bond donors (Lipinski definition) is 0. The Bertz CT molecular complexity index is 690. The lowest BCUT2D eigenvalue weighted by molar-refractivity contribution is 0.0295. The van der Waals surface area contributed by atoms with Crippen LogP contribution in [-0.4, -0.2) is 53.3 Å². The Morgan fingerprint density at radius 2 is 1.83 bits per heavy atom. The molecule has 0 N–H and O–H groups in total. The van der Waals surface area contributed by atoms with Crippen molar-refractivity contribution in [3.8, 4) is 0 Å². The highest BCUT2D eigenvalue weighted by molar-refractivity contribution is 7.91. The summed E-state index contributed by atoms with van der Waals surface area (Å²) in [6, 6.07) is 1.72. The van der Waals surface area contributed by atoms with Crippen LogP contribution in [-0.2, 0) is 14.6 Å². The van der Waals surface area contributed by atoms with Crippen LogP contribution in [0.1, 0.15) is 38.6 Å². The van der Waals surface area contributed by atoms with Crippen LogP contribution in [0.2, 0.25) is 0 Å². The molecule has 0 aromatic carbocycles. The molecule has 0 spiro atoms. The lowest BCUT2D eigenvalue weighted by atomic mass is 10.2. The summed E-state index contributed by atoms with van der Waals surface area (Å²) >= 11 is 0. The van der Waals surface area contributed by atoms with Crippen LogP contribution in [0.4, 0.5) is 4.79 Å². The van der Waals surface area contributed by atoms with Gasteiger partial charge >= 0.3 is 6.09 Å². The molecular formula is C15H23N3O4S. The van der Waals surface area contributed by atoms with Gasteiger partial charge in [-0.25, -0.2) is 23.2 Å². The Morgan fingerprint density at radius 1 is 1.26 bits per heavy atom. The SMILES string of the molecule is Cc1cc(C)nc(S(=O)(=O)[C@H]2CCN(C(=O)OC(C)(C)C)C2)n1. The monoisotopic (exact) mass is 341 g/mol. The Balaban J connectivity index is 2.15. The summed E-state index contributed by atoms with van der Waals surface area (Å²) in [5, 5.41) is -0.859. The van der Waals surface area contributed by atoms with Crippen molar-refractivity contribution in [1.29, 1.82) is 0 Å². The van der Waals surface area contributed by atoms with Gasteiger partial charge in [-0.05, 0) is 47.1 Å². The fourth-order valence-electron chi connectivity index (χ4n) is 2.44. The van der Waals surface area contributed by atoms with Crippen molar-refractivity contribution in [2.75, 3.05) is 13.1 Å². The minimum atomic E-state index is -3.67. The smallest absolute Gasteiger partial charge is 0.410 e. The molecule has 2 rings (SSSR count). The van der Waals surface area contributed by atoms with E-state index in [9.17, 15) is 13.2 Å². The molecule has 1 aliphatic rings. The van der Waals surface area contributed by atoms with Crippen molar-refractivity contribution >= 4 is 15.9 Å². The molecule has 128 valence electrons. The number of ether oxygens (including phenoxy) is 1. The summed E-state index contributed by atoms with van der Waals surface area (Å²) in [6.07, 6.45) is -0.130. The van der Waals surface area contributed by atoms with Crippen LogP contribution in [0.3, 0.4) is 0 Å². The van der Waals surface area contributed by atoms with Gasteiger partial charge in [-0.3, -0.25) is 0 Å². The first-order valence-corrected chi connectivity index (χ1v) is 9.08. The Hall–Kier alpha value is -1.70. The third kappa shape index (κ3) is 4.19. The van der Waals surface area contributed by atoms with Gasteiger partial charge in [-0.2, -0.15) is 0 Å². The fraction of sp³-hybridized carbons (Fsp3) is 0.667. The number of aromatic nitrogens is 2. The maximum Gasteiger partial charge on any atom is 0.410 e. The maximum absolute atomic E-state index is 12.7. The molecule has 1 aromatic heterocycles. The second-order valence-corrected chi connectivity index (χ2v) is 8.94. The second kappa shape index (κ2) is 6.07. The molecule has 0 bridgehead atoms. The average molecular weight is 341 g/mol. The maximum atomic E-state index is 12.7. The molecule has 1 amide bonds. The first-order chi connectivity index (χ1) is 10.5. The molecule has 1 atom stereocenters. The van der Waals surface area contributed by atoms with Crippen molar-refractivity contribution in [3.63, 3.8) is 0 Å². The third-order valence-corrected chi connectivity index (χ3v) is 5.41. The zero-order valence-electron chi connectivity index (χ0n) is 14.2. The number of hydrogen-bond acceptors (Lipinski definition) is 6. The third-order valence-electron chi connectivity index (χ3n) is 3.45. The first-order valence-electron chi connectivity index (χ1n) is 7.53. The van der Waals surface area contributed by atoms with Crippen molar-refractivity contribution in [3.05, 3.63) is 17.5 Å². The Labute approximate surface area is 137 Å². The number of sulfone groups is 1. The molecule has 8 heteroatoms. The predicted octanol–water partition coefficient (Wildman–Crippen LogP) is 1.88. The van der Waals surface area contributed by atoms with Gasteiger partial charge in [0.25, 0.3) is 0 Å². The molecule has 1 saturated heterocycles. The van der Waals surface area contributed by atoms with E-state index in [4.69, 9.17) is 4.74 Å². The van der Waals surface area contributed by atoms with Crippen LogP contribution in [0.15, 0.2) is 11.2 Å². The van der Waals surface area contributed by atoms with Crippen molar-refractivity contribution in [1.82, 2.24) is 14.9 Å². The summed E-state index contributed by atoms with van der Waals surface area (Å²) in [5.74, 6) is 0. The predicted molar refractivity (Wildman–Crippen MR) is 84.9 cm³/mol. The number of amides is 1. The molecular weight excluding hydrogens is 318 g/mol. The van der Waals surface area contributed by atoms with Crippen LogP contribution in [0, 0.1) is 13.8 Å². The quantitative estimate of drug-likeness (QED) is 0.763. The highest BCUT2D eigenvalue weighted by Crippen LogP contribution is 2.23. The minimum Gasteiger partial charge on any atom is -0.444 e. The zero-order valence-corrected chi connectivity index (χ0v) is 15.0. The molecule has 1 fully saturated rings. The van der Waals surface area contributed by atoms with Crippen LogP contribution < -0.4 is 0 Å². The standard InChI is InChI=1S/C15H23N3O4S/c1-10-8-11(2)17-13(16-10)23(20,21)12-6-7-18(9-12)14(19)22-15(3,4)5/h8,12H,6-7,9H2,1-5H3/t12-/m0/s1. The molecule has 0 saturated carbocycles. The lowest BCUT2D eigenvalue weighted by Gasteiger charge is -2.24. The first kappa shape index (κ1) is 17.7. The fourth-order valence-corrected chi connectivity index (χ4v) is 4.08. The number of rotatable bonds is 2. The molecule has 0 unspecified atom stereocenters. The van der Waals surface area contributed by atoms with E-state index in [1.807, 2.05) is 0 Å². The highest BCUT2D eigenvalue weighted by atomic mass is 32.2. The Morgan fingerprint density at radius 3 is 2.35 bits per heavy atom. The van der Waals surface area contributed by atoms with Crippen molar-refractivity contribution in [2.24, 2.45) is 0 Å². The summed E-state index contributed by atoms with van der Waals surface area (Å²) in [6.45, 7) is 9.25. The average Bonchev–Trinajstić information content (AvgIpc) is 2.85. The molecule has 7 nitrogen and oxygen atoms in total. The highest BCUT2D eigenvalue weighted by Gasteiger charge is 2.39. The van der Waals surface area contributed by atoms with Crippen molar-refractivity contribution in [2.45, 2.75) is 57.0 Å². The molecule has 0 radical (unpaired) electrons. The van der Waals surface area contributed by atoms with Crippen molar-refractivity contribution < 1.29 is 17.9 Å². The number of nitrogens with zero attached hydrogens (tertiary/aromatic N) is 3. The largest absolute Gasteiger partial charge is 0.444 e. The van der Waals surface area contributed by atoms with Crippen LogP contribution in [0.25, 0.3) is 0 Å². The molecule has 2 heterocycles. The van der Waals surface area contributed by atoms with E-state index in [1.54, 1.807) is 40.7 Å². The van der Waals surface area contributed by atoms with E-state index in [0.717, 1.165) is 0 Å². The second-order valence-electron chi connectivity index (χ2n) is 6.82. The van der Waals surface area contributed by atoms with Gasteiger partial charge in [-0.15, -0.1) is 0 Å². The summed E-state index contributed by atoms with van der Waals surface area (Å²) in [4.78, 5) is 21.6. The van der Waals surface area contributed by atoms with Gasteiger partial charge in [0.1, 0.15) is 5.60 Å². The van der Waals surface area contributed by atoms with Gasteiger partial charge in [0.05, 0.1) is 5.25 Å². The van der Waals surface area contributed by atoms with Gasteiger partial charge in [0, 0.05) is 24.5 Å². The summed E-state index contributed by atoms with van der Waals surface area (Å²) < 4.78 is 30.7. The summed E-state index contributed by atoms with van der Waals surface area (Å²) in [5.41, 5.74) is 0.612. The molecule has 23 heavy (non-hydrogen) atoms. The lowest BCUT2D eigenvalue weighted by Crippen LogP contribution is -2.37. The zero-order chi connectivity index (χ0) is 17.4. The topological polar surface area (TPSA) is 89.5 Å². The molecule has 1 aromatic rings. The van der Waals surface area contributed by atoms with E-state index >= 15 is 0 Å². The van der Waals surface area contributed by atoms with Crippen LogP contribution in [0.5, 0.6) is 0 Å². The minimum absolute atomic E-state index is 0.105. The van der Waals surface area contributed by atoms with E-state index in [0.29, 0.717) is 24.4 Å². The molecule has 1 aliphatic heterocycles.